The molecule has 0 radical (unpaired) electrons. The highest BCUT2D eigenvalue weighted by molar-refractivity contribution is 5.97. The predicted octanol–water partition coefficient (Wildman–Crippen LogP) is 2.95. The Hall–Kier alpha value is -2.53. The highest BCUT2D eigenvalue weighted by Gasteiger charge is 2.23. The molecule has 0 saturated heterocycles. The lowest BCUT2D eigenvalue weighted by Crippen LogP contribution is -2.32. The number of nitrogens with one attached hydrogen (secondary N) is 1. The number of hydrogen-bond acceptors (Lipinski definition) is 4. The Bertz CT molecular complexity index is 657. The van der Waals surface area contributed by atoms with E-state index in [0.29, 0.717) is 17.2 Å². The largest absolute Gasteiger partial charge is 0.497 e. The maximum Gasteiger partial charge on any atom is 0.246 e. The van der Waals surface area contributed by atoms with Crippen molar-refractivity contribution < 1.29 is 14.3 Å². The van der Waals surface area contributed by atoms with E-state index in [-0.39, 0.29) is 5.91 Å². The summed E-state index contributed by atoms with van der Waals surface area (Å²) in [5, 5.41) is 2.93. The number of anilines is 1. The lowest BCUT2D eigenvalue weighted by Gasteiger charge is -2.24. The Kier molecular flexibility index (Phi) is 5.60. The molecule has 2 aromatic rings. The minimum absolute atomic E-state index is 0.132. The number of ether oxygens (including phenoxy) is 2. The molecule has 1 N–H and O–H groups in total. The molecule has 1 unspecified atom stereocenters. The quantitative estimate of drug-likeness (QED) is 0.890. The van der Waals surface area contributed by atoms with E-state index in [1.54, 1.807) is 32.4 Å². The smallest absolute Gasteiger partial charge is 0.246 e. The first kappa shape index (κ1) is 16.8. The van der Waals surface area contributed by atoms with Crippen molar-refractivity contribution in [1.82, 2.24) is 4.90 Å². The summed E-state index contributed by atoms with van der Waals surface area (Å²) in [7, 11) is 6.90. The zero-order chi connectivity index (χ0) is 16.8. The Balaban J connectivity index is 2.29. The molecule has 5 nitrogen and oxygen atoms in total. The molecule has 0 aliphatic heterocycles. The van der Waals surface area contributed by atoms with E-state index in [4.69, 9.17) is 9.47 Å². The molecule has 2 aromatic carbocycles. The van der Waals surface area contributed by atoms with Crippen molar-refractivity contribution in [3.8, 4) is 11.5 Å². The highest BCUT2D eigenvalue weighted by atomic mass is 16.5. The van der Waals surface area contributed by atoms with Gasteiger partial charge in [-0.25, -0.2) is 0 Å². The zero-order valence-electron chi connectivity index (χ0n) is 13.9. The van der Waals surface area contributed by atoms with Crippen molar-refractivity contribution in [2.45, 2.75) is 6.04 Å². The van der Waals surface area contributed by atoms with Gasteiger partial charge in [0.05, 0.1) is 19.9 Å². The predicted molar refractivity (Wildman–Crippen MR) is 91.0 cm³/mol. The van der Waals surface area contributed by atoms with Crippen LogP contribution >= 0.6 is 0 Å². The van der Waals surface area contributed by atoms with Crippen molar-refractivity contribution in [2.75, 3.05) is 33.6 Å². The molecule has 0 heterocycles. The fourth-order valence-corrected chi connectivity index (χ4v) is 2.43. The van der Waals surface area contributed by atoms with E-state index in [9.17, 15) is 4.79 Å². The lowest BCUT2D eigenvalue weighted by atomic mass is 10.1. The summed E-state index contributed by atoms with van der Waals surface area (Å²) < 4.78 is 10.5. The SMILES string of the molecule is COc1ccc(OC)c(NC(=O)C(c2ccccc2)N(C)C)c1. The van der Waals surface area contributed by atoms with Gasteiger partial charge in [0.15, 0.2) is 0 Å². The van der Waals surface area contributed by atoms with Gasteiger partial charge in [-0.3, -0.25) is 9.69 Å². The zero-order valence-corrected chi connectivity index (χ0v) is 13.9. The van der Waals surface area contributed by atoms with Gasteiger partial charge in [0.1, 0.15) is 17.5 Å². The Labute approximate surface area is 136 Å². The van der Waals surface area contributed by atoms with Gasteiger partial charge in [-0.15, -0.1) is 0 Å². The third kappa shape index (κ3) is 4.02. The van der Waals surface area contributed by atoms with Gasteiger partial charge < -0.3 is 14.8 Å². The maximum atomic E-state index is 12.8. The number of carbonyl (C=O) groups excluding carboxylic acids is 1. The van der Waals surface area contributed by atoms with Crippen LogP contribution in [0.4, 0.5) is 5.69 Å². The standard InChI is InChI=1S/C18H22N2O3/c1-20(2)17(13-8-6-5-7-9-13)18(21)19-15-12-14(22-3)10-11-16(15)23-4/h5-12,17H,1-4H3,(H,19,21). The number of benzene rings is 2. The number of amides is 1. The third-order valence-corrected chi connectivity index (χ3v) is 3.54. The number of carbonyl (C=O) groups is 1. The molecule has 0 bridgehead atoms. The molecule has 0 spiro atoms. The summed E-state index contributed by atoms with van der Waals surface area (Å²) in [6, 6.07) is 14.5. The van der Waals surface area contributed by atoms with Crippen molar-refractivity contribution in [3.63, 3.8) is 0 Å². The Morgan fingerprint density at radius 1 is 1.04 bits per heavy atom. The average molecular weight is 314 g/mol. The van der Waals surface area contributed by atoms with Crippen LogP contribution in [-0.2, 0) is 4.79 Å². The molecule has 0 aliphatic rings. The van der Waals surface area contributed by atoms with Crippen molar-refractivity contribution >= 4 is 11.6 Å². The van der Waals surface area contributed by atoms with Gasteiger partial charge >= 0.3 is 0 Å². The first-order chi connectivity index (χ1) is 11.1. The molecule has 1 amide bonds. The molecular weight excluding hydrogens is 292 g/mol. The summed E-state index contributed by atoms with van der Waals surface area (Å²) in [5.41, 5.74) is 1.51. The van der Waals surface area contributed by atoms with Gasteiger partial charge in [-0.2, -0.15) is 0 Å². The van der Waals surface area contributed by atoms with Crippen molar-refractivity contribution in [1.29, 1.82) is 0 Å². The number of rotatable bonds is 6. The second-order valence-electron chi connectivity index (χ2n) is 5.33. The van der Waals surface area contributed by atoms with E-state index in [1.807, 2.05) is 49.3 Å². The molecule has 23 heavy (non-hydrogen) atoms. The van der Waals surface area contributed by atoms with Crippen LogP contribution in [-0.4, -0.2) is 39.1 Å². The molecular formula is C18H22N2O3. The highest BCUT2D eigenvalue weighted by Crippen LogP contribution is 2.30. The van der Waals surface area contributed by atoms with E-state index in [1.165, 1.54) is 0 Å². The van der Waals surface area contributed by atoms with Gasteiger partial charge in [0.25, 0.3) is 0 Å². The van der Waals surface area contributed by atoms with E-state index < -0.39 is 6.04 Å². The molecule has 122 valence electrons. The number of nitrogens with zero attached hydrogens (tertiary/aromatic N) is 1. The molecule has 0 fully saturated rings. The normalized spacial score (nSPS) is 11.9. The maximum absolute atomic E-state index is 12.8. The van der Waals surface area contributed by atoms with Crippen LogP contribution in [0.15, 0.2) is 48.5 Å². The lowest BCUT2D eigenvalue weighted by molar-refractivity contribution is -0.120. The first-order valence-corrected chi connectivity index (χ1v) is 7.31. The second-order valence-corrected chi connectivity index (χ2v) is 5.33. The minimum atomic E-state index is -0.396. The van der Waals surface area contributed by atoms with Crippen LogP contribution in [0.1, 0.15) is 11.6 Å². The fourth-order valence-electron chi connectivity index (χ4n) is 2.43. The molecule has 0 saturated carbocycles. The number of methoxy groups -OCH3 is 2. The van der Waals surface area contributed by atoms with E-state index >= 15 is 0 Å². The van der Waals surface area contributed by atoms with Crippen LogP contribution in [0.25, 0.3) is 0 Å². The van der Waals surface area contributed by atoms with Crippen LogP contribution < -0.4 is 14.8 Å². The van der Waals surface area contributed by atoms with Crippen LogP contribution in [0, 0.1) is 0 Å². The van der Waals surface area contributed by atoms with Crippen LogP contribution in [0.5, 0.6) is 11.5 Å². The van der Waals surface area contributed by atoms with Gasteiger partial charge in [0, 0.05) is 6.07 Å². The van der Waals surface area contributed by atoms with Crippen molar-refractivity contribution in [2.24, 2.45) is 0 Å². The summed E-state index contributed by atoms with van der Waals surface area (Å²) in [6.45, 7) is 0. The average Bonchev–Trinajstić information content (AvgIpc) is 2.55. The Morgan fingerprint density at radius 2 is 1.74 bits per heavy atom. The van der Waals surface area contributed by atoms with E-state index in [2.05, 4.69) is 5.32 Å². The van der Waals surface area contributed by atoms with Gasteiger partial charge in [-0.1, -0.05) is 30.3 Å². The molecule has 5 heteroatoms. The molecule has 0 aromatic heterocycles. The van der Waals surface area contributed by atoms with Crippen LogP contribution in [0.3, 0.4) is 0 Å². The van der Waals surface area contributed by atoms with Gasteiger partial charge in [-0.05, 0) is 31.8 Å². The summed E-state index contributed by atoms with van der Waals surface area (Å²) in [4.78, 5) is 14.6. The topological polar surface area (TPSA) is 50.8 Å². The summed E-state index contributed by atoms with van der Waals surface area (Å²) in [5.74, 6) is 1.11. The summed E-state index contributed by atoms with van der Waals surface area (Å²) >= 11 is 0. The number of hydrogen-bond donors (Lipinski definition) is 1. The Morgan fingerprint density at radius 3 is 2.30 bits per heavy atom. The molecule has 2 rings (SSSR count). The first-order valence-electron chi connectivity index (χ1n) is 7.31. The number of likely N-dealkylation sites (N-methyl/N-ethyl adjacent to an activating group) is 1. The van der Waals surface area contributed by atoms with E-state index in [0.717, 1.165) is 5.56 Å². The van der Waals surface area contributed by atoms with Crippen LogP contribution in [0.2, 0.25) is 0 Å². The summed E-state index contributed by atoms with van der Waals surface area (Å²) in [6.07, 6.45) is 0. The minimum Gasteiger partial charge on any atom is -0.497 e. The second kappa shape index (κ2) is 7.65. The fraction of sp³-hybridized carbons (Fsp3) is 0.278. The monoisotopic (exact) mass is 314 g/mol. The van der Waals surface area contributed by atoms with Gasteiger partial charge in [0.2, 0.25) is 5.91 Å². The third-order valence-electron chi connectivity index (χ3n) is 3.54. The van der Waals surface area contributed by atoms with Crippen molar-refractivity contribution in [3.05, 3.63) is 54.1 Å². The molecule has 1 atom stereocenters. The molecule has 0 aliphatic carbocycles.